The number of carbonyl (C=O) groups is 2. The van der Waals surface area contributed by atoms with Crippen molar-refractivity contribution in [3.63, 3.8) is 0 Å². The number of amides is 2. The van der Waals surface area contributed by atoms with Gasteiger partial charge in [-0.3, -0.25) is 9.59 Å². The van der Waals surface area contributed by atoms with Crippen LogP contribution in [0.1, 0.15) is 22.5 Å². The summed E-state index contributed by atoms with van der Waals surface area (Å²) in [5.74, 6) is -0.548. The minimum atomic E-state index is -0.342. The molecule has 1 heterocycles. The van der Waals surface area contributed by atoms with Crippen LogP contribution in [0.4, 0.5) is 15.8 Å². The van der Waals surface area contributed by atoms with Crippen LogP contribution in [0.3, 0.4) is 0 Å². The normalized spacial score (nSPS) is 10.3. The van der Waals surface area contributed by atoms with E-state index in [2.05, 4.69) is 10.6 Å². The van der Waals surface area contributed by atoms with Crippen LogP contribution < -0.4 is 10.6 Å². The molecule has 0 atom stereocenters. The van der Waals surface area contributed by atoms with Crippen LogP contribution >= 0.6 is 0 Å². The van der Waals surface area contributed by atoms with Crippen LogP contribution in [0.2, 0.25) is 0 Å². The standard InChI is InChI=1S/C20H17FN2O3/c21-15-6-3-14(4-7-15)5-12-19(24)22-16-8-10-17(11-9-16)23-20(25)18-2-1-13-26-18/h1-4,6-11,13H,5,12H2,(H,22,24)(H,23,25). The molecule has 26 heavy (non-hydrogen) atoms. The second-order valence-corrected chi connectivity index (χ2v) is 5.68. The van der Waals surface area contributed by atoms with E-state index in [1.165, 1.54) is 18.4 Å². The third kappa shape index (κ3) is 4.80. The Bertz CT molecular complexity index is 872. The molecule has 0 spiro atoms. The van der Waals surface area contributed by atoms with Gasteiger partial charge in [-0.25, -0.2) is 4.39 Å². The van der Waals surface area contributed by atoms with Gasteiger partial charge in [0.05, 0.1) is 6.26 Å². The average Bonchev–Trinajstić information content (AvgIpc) is 3.18. The highest BCUT2D eigenvalue weighted by molar-refractivity contribution is 6.02. The molecule has 3 aromatic rings. The van der Waals surface area contributed by atoms with Gasteiger partial charge in [-0.2, -0.15) is 0 Å². The topological polar surface area (TPSA) is 71.3 Å². The molecule has 2 amide bonds. The van der Waals surface area contributed by atoms with Crippen molar-refractivity contribution in [2.24, 2.45) is 0 Å². The molecule has 2 aromatic carbocycles. The molecule has 0 saturated heterocycles. The first-order valence-corrected chi connectivity index (χ1v) is 8.09. The number of halogens is 1. The minimum Gasteiger partial charge on any atom is -0.459 e. The highest BCUT2D eigenvalue weighted by atomic mass is 19.1. The maximum atomic E-state index is 12.9. The van der Waals surface area contributed by atoms with Gasteiger partial charge >= 0.3 is 0 Å². The second-order valence-electron chi connectivity index (χ2n) is 5.68. The fourth-order valence-corrected chi connectivity index (χ4v) is 2.37. The van der Waals surface area contributed by atoms with Crippen molar-refractivity contribution >= 4 is 23.2 Å². The first kappa shape index (κ1) is 17.4. The average molecular weight is 352 g/mol. The van der Waals surface area contributed by atoms with E-state index < -0.39 is 0 Å². The molecule has 0 saturated carbocycles. The maximum Gasteiger partial charge on any atom is 0.291 e. The first-order valence-electron chi connectivity index (χ1n) is 8.09. The van der Waals surface area contributed by atoms with E-state index in [-0.39, 0.29) is 23.4 Å². The zero-order valence-electron chi connectivity index (χ0n) is 13.9. The summed E-state index contributed by atoms with van der Waals surface area (Å²) in [6.07, 6.45) is 2.26. The molecule has 0 bridgehead atoms. The van der Waals surface area contributed by atoms with Crippen LogP contribution in [0.25, 0.3) is 0 Å². The van der Waals surface area contributed by atoms with E-state index >= 15 is 0 Å². The molecule has 0 aliphatic carbocycles. The number of anilines is 2. The highest BCUT2D eigenvalue weighted by Gasteiger charge is 2.09. The van der Waals surface area contributed by atoms with Crippen molar-refractivity contribution in [3.05, 3.63) is 84.1 Å². The van der Waals surface area contributed by atoms with Crippen molar-refractivity contribution in [1.29, 1.82) is 0 Å². The molecule has 2 N–H and O–H groups in total. The van der Waals surface area contributed by atoms with E-state index in [0.717, 1.165) is 5.56 Å². The van der Waals surface area contributed by atoms with E-state index in [0.29, 0.717) is 24.2 Å². The Hall–Kier alpha value is -3.41. The van der Waals surface area contributed by atoms with Gasteiger partial charge < -0.3 is 15.1 Å². The third-order valence-electron chi connectivity index (χ3n) is 3.73. The van der Waals surface area contributed by atoms with Crippen LogP contribution in [0.15, 0.2) is 71.3 Å². The Morgan fingerprint density at radius 1 is 0.885 bits per heavy atom. The van der Waals surface area contributed by atoms with E-state index in [4.69, 9.17) is 4.42 Å². The van der Waals surface area contributed by atoms with E-state index in [1.54, 1.807) is 48.5 Å². The Labute approximate surface area is 149 Å². The number of nitrogens with one attached hydrogen (secondary N) is 2. The quantitative estimate of drug-likeness (QED) is 0.697. The Balaban J connectivity index is 1.49. The highest BCUT2D eigenvalue weighted by Crippen LogP contribution is 2.15. The number of furan rings is 1. The number of hydrogen-bond donors (Lipinski definition) is 2. The molecule has 0 aliphatic heterocycles. The van der Waals surface area contributed by atoms with Crippen molar-refractivity contribution in [2.45, 2.75) is 12.8 Å². The summed E-state index contributed by atoms with van der Waals surface area (Å²) in [6, 6.07) is 16.1. The van der Waals surface area contributed by atoms with E-state index in [9.17, 15) is 14.0 Å². The second kappa shape index (κ2) is 8.11. The van der Waals surface area contributed by atoms with Gasteiger partial charge in [0.15, 0.2) is 5.76 Å². The smallest absolute Gasteiger partial charge is 0.291 e. The predicted octanol–water partition coefficient (Wildman–Crippen LogP) is 4.24. The van der Waals surface area contributed by atoms with Gasteiger partial charge in [0.2, 0.25) is 5.91 Å². The molecule has 1 aromatic heterocycles. The molecule has 6 heteroatoms. The largest absolute Gasteiger partial charge is 0.459 e. The summed E-state index contributed by atoms with van der Waals surface area (Å²) < 4.78 is 17.9. The Kier molecular flexibility index (Phi) is 5.43. The fourth-order valence-electron chi connectivity index (χ4n) is 2.37. The lowest BCUT2D eigenvalue weighted by molar-refractivity contribution is -0.116. The zero-order valence-corrected chi connectivity index (χ0v) is 13.9. The van der Waals surface area contributed by atoms with Crippen LogP contribution in [0.5, 0.6) is 0 Å². The summed E-state index contributed by atoms with van der Waals surface area (Å²) in [5.41, 5.74) is 2.12. The van der Waals surface area contributed by atoms with Crippen molar-refractivity contribution < 1.29 is 18.4 Å². The van der Waals surface area contributed by atoms with Crippen LogP contribution in [0, 0.1) is 5.82 Å². The summed E-state index contributed by atoms with van der Waals surface area (Å²) in [6.45, 7) is 0. The van der Waals surface area contributed by atoms with Gasteiger partial charge in [0.25, 0.3) is 5.91 Å². The maximum absolute atomic E-state index is 12.9. The van der Waals surface area contributed by atoms with Crippen molar-refractivity contribution in [2.75, 3.05) is 10.6 Å². The van der Waals surface area contributed by atoms with Crippen molar-refractivity contribution in [3.8, 4) is 0 Å². The zero-order chi connectivity index (χ0) is 18.4. The number of aryl methyl sites for hydroxylation is 1. The molecule has 3 rings (SSSR count). The number of rotatable bonds is 6. The summed E-state index contributed by atoms with van der Waals surface area (Å²) in [5, 5.41) is 5.49. The monoisotopic (exact) mass is 352 g/mol. The number of carbonyl (C=O) groups excluding carboxylic acids is 2. The summed E-state index contributed by atoms with van der Waals surface area (Å²) in [7, 11) is 0. The lowest BCUT2D eigenvalue weighted by Crippen LogP contribution is -2.13. The summed E-state index contributed by atoms with van der Waals surface area (Å²) in [4.78, 5) is 23.9. The molecular formula is C20H17FN2O3. The van der Waals surface area contributed by atoms with Crippen LogP contribution in [-0.2, 0) is 11.2 Å². The van der Waals surface area contributed by atoms with Crippen molar-refractivity contribution in [1.82, 2.24) is 0 Å². The van der Waals surface area contributed by atoms with Gasteiger partial charge in [-0.1, -0.05) is 12.1 Å². The van der Waals surface area contributed by atoms with Gasteiger partial charge in [-0.05, 0) is 60.5 Å². The number of benzene rings is 2. The molecule has 0 fully saturated rings. The molecular weight excluding hydrogens is 335 g/mol. The molecule has 0 unspecified atom stereocenters. The van der Waals surface area contributed by atoms with Gasteiger partial charge in [0.1, 0.15) is 5.82 Å². The third-order valence-corrected chi connectivity index (χ3v) is 3.73. The number of hydrogen-bond acceptors (Lipinski definition) is 3. The SMILES string of the molecule is O=C(CCc1ccc(F)cc1)Nc1ccc(NC(=O)c2ccco2)cc1. The lowest BCUT2D eigenvalue weighted by atomic mass is 10.1. The predicted molar refractivity (Wildman–Crippen MR) is 96.5 cm³/mol. The van der Waals surface area contributed by atoms with E-state index in [1.807, 2.05) is 0 Å². The molecule has 132 valence electrons. The van der Waals surface area contributed by atoms with Gasteiger partial charge in [-0.15, -0.1) is 0 Å². The molecule has 5 nitrogen and oxygen atoms in total. The Morgan fingerprint density at radius 2 is 1.54 bits per heavy atom. The molecule has 0 aliphatic rings. The van der Waals surface area contributed by atoms with Crippen LogP contribution in [-0.4, -0.2) is 11.8 Å². The molecule has 0 radical (unpaired) electrons. The fraction of sp³-hybridized carbons (Fsp3) is 0.100. The lowest BCUT2D eigenvalue weighted by Gasteiger charge is -2.07. The minimum absolute atomic E-state index is 0.137. The Morgan fingerprint density at radius 3 is 2.15 bits per heavy atom. The first-order chi connectivity index (χ1) is 12.6. The summed E-state index contributed by atoms with van der Waals surface area (Å²) >= 11 is 0. The van der Waals surface area contributed by atoms with Gasteiger partial charge in [0, 0.05) is 17.8 Å².